The molecule has 0 saturated carbocycles. The smallest absolute Gasteiger partial charge is 0.257 e. The number of hydrogen-bond donors (Lipinski definition) is 1. The van der Waals surface area contributed by atoms with Gasteiger partial charge in [-0.15, -0.1) is 0 Å². The Balaban J connectivity index is 1.63. The Hall–Kier alpha value is -2.73. The molecule has 24 heavy (non-hydrogen) atoms. The molecule has 0 atom stereocenters. The second kappa shape index (κ2) is 7.23. The Labute approximate surface area is 141 Å². The number of benzene rings is 1. The molecule has 1 fully saturated rings. The summed E-state index contributed by atoms with van der Waals surface area (Å²) < 4.78 is 0. The highest BCUT2D eigenvalue weighted by atomic mass is 16.2. The lowest BCUT2D eigenvalue weighted by molar-refractivity contribution is 0.0664. The number of nitrogens with one attached hydrogen (secondary N) is 1. The van der Waals surface area contributed by atoms with Crippen molar-refractivity contribution >= 4 is 17.5 Å². The van der Waals surface area contributed by atoms with Crippen LogP contribution >= 0.6 is 0 Å². The van der Waals surface area contributed by atoms with Crippen molar-refractivity contribution in [1.82, 2.24) is 14.8 Å². The molecule has 0 radical (unpaired) electrons. The number of carbonyl (C=O) groups is 2. The zero-order chi connectivity index (χ0) is 16.9. The number of likely N-dealkylation sites (N-methyl/N-ethyl adjacent to an activating group) is 1. The SMILES string of the molecule is CN1CCN(C(=O)c2ccc(NC(=O)c3cccnc3)cc2)CC1. The lowest BCUT2D eigenvalue weighted by atomic mass is 10.1. The molecule has 2 aromatic rings. The van der Waals surface area contributed by atoms with Gasteiger partial charge in [0.05, 0.1) is 5.56 Å². The molecule has 0 unspecified atom stereocenters. The van der Waals surface area contributed by atoms with Crippen molar-refractivity contribution in [2.75, 3.05) is 38.5 Å². The predicted molar refractivity (Wildman–Crippen MR) is 92.0 cm³/mol. The molecule has 0 aliphatic carbocycles. The van der Waals surface area contributed by atoms with Crippen LogP contribution in [0.3, 0.4) is 0 Å². The van der Waals surface area contributed by atoms with Crippen molar-refractivity contribution in [2.45, 2.75) is 0 Å². The van der Waals surface area contributed by atoms with Gasteiger partial charge in [0.25, 0.3) is 11.8 Å². The van der Waals surface area contributed by atoms with E-state index in [4.69, 9.17) is 0 Å². The normalized spacial score (nSPS) is 15.1. The van der Waals surface area contributed by atoms with Gasteiger partial charge >= 0.3 is 0 Å². The Morgan fingerprint density at radius 1 is 1.00 bits per heavy atom. The van der Waals surface area contributed by atoms with Crippen LogP contribution in [0.25, 0.3) is 0 Å². The maximum atomic E-state index is 12.5. The Morgan fingerprint density at radius 3 is 2.33 bits per heavy atom. The highest BCUT2D eigenvalue weighted by Gasteiger charge is 2.20. The van der Waals surface area contributed by atoms with Crippen molar-refractivity contribution in [1.29, 1.82) is 0 Å². The number of aromatic nitrogens is 1. The van der Waals surface area contributed by atoms with Gasteiger partial charge in [0.15, 0.2) is 0 Å². The van der Waals surface area contributed by atoms with Gasteiger partial charge in [0, 0.05) is 49.8 Å². The first kappa shape index (κ1) is 16.1. The van der Waals surface area contributed by atoms with E-state index >= 15 is 0 Å². The molecule has 1 N–H and O–H groups in total. The molecule has 1 aromatic heterocycles. The highest BCUT2D eigenvalue weighted by Crippen LogP contribution is 2.14. The first-order valence-corrected chi connectivity index (χ1v) is 7.93. The first-order valence-electron chi connectivity index (χ1n) is 7.93. The van der Waals surface area contributed by atoms with Crippen molar-refractivity contribution in [3.05, 3.63) is 59.9 Å². The standard InChI is InChI=1S/C18H20N4O2/c1-21-9-11-22(12-10-21)18(24)14-4-6-16(7-5-14)20-17(23)15-3-2-8-19-13-15/h2-8,13H,9-12H2,1H3,(H,20,23). The number of nitrogens with zero attached hydrogens (tertiary/aromatic N) is 3. The third-order valence-electron chi connectivity index (χ3n) is 4.10. The van der Waals surface area contributed by atoms with Gasteiger partial charge in [0.1, 0.15) is 0 Å². The average Bonchev–Trinajstić information content (AvgIpc) is 2.63. The number of piperazine rings is 1. The second-order valence-corrected chi connectivity index (χ2v) is 5.87. The number of amides is 2. The van der Waals surface area contributed by atoms with Crippen LogP contribution in [-0.4, -0.2) is 59.8 Å². The number of pyridine rings is 1. The van der Waals surface area contributed by atoms with E-state index in [0.29, 0.717) is 16.8 Å². The molecule has 1 aromatic carbocycles. The molecule has 2 heterocycles. The summed E-state index contributed by atoms with van der Waals surface area (Å²) >= 11 is 0. The number of carbonyl (C=O) groups excluding carboxylic acids is 2. The minimum atomic E-state index is -0.221. The van der Waals surface area contributed by atoms with Gasteiger partial charge in [0.2, 0.25) is 0 Å². The fraction of sp³-hybridized carbons (Fsp3) is 0.278. The molecule has 0 spiro atoms. The van der Waals surface area contributed by atoms with Gasteiger partial charge in [-0.2, -0.15) is 0 Å². The minimum absolute atomic E-state index is 0.0354. The zero-order valence-electron chi connectivity index (χ0n) is 13.6. The van der Waals surface area contributed by atoms with E-state index < -0.39 is 0 Å². The van der Waals surface area contributed by atoms with Gasteiger partial charge in [-0.25, -0.2) is 0 Å². The quantitative estimate of drug-likeness (QED) is 0.934. The van der Waals surface area contributed by atoms with Crippen LogP contribution in [0.4, 0.5) is 5.69 Å². The lowest BCUT2D eigenvalue weighted by Gasteiger charge is -2.32. The van der Waals surface area contributed by atoms with E-state index in [-0.39, 0.29) is 11.8 Å². The molecule has 124 valence electrons. The van der Waals surface area contributed by atoms with E-state index in [1.165, 1.54) is 6.20 Å². The van der Waals surface area contributed by atoms with Crippen LogP contribution in [0.5, 0.6) is 0 Å². The fourth-order valence-corrected chi connectivity index (χ4v) is 2.59. The molecule has 0 bridgehead atoms. The summed E-state index contributed by atoms with van der Waals surface area (Å²) in [7, 11) is 2.06. The predicted octanol–water partition coefficient (Wildman–Crippen LogP) is 1.72. The molecule has 3 rings (SSSR count). The van der Waals surface area contributed by atoms with E-state index in [0.717, 1.165) is 26.2 Å². The van der Waals surface area contributed by atoms with E-state index in [1.54, 1.807) is 42.6 Å². The summed E-state index contributed by atoms with van der Waals surface area (Å²) in [5, 5.41) is 2.80. The van der Waals surface area contributed by atoms with Crippen LogP contribution in [0, 0.1) is 0 Å². The van der Waals surface area contributed by atoms with E-state index in [2.05, 4.69) is 22.2 Å². The topological polar surface area (TPSA) is 65.5 Å². The van der Waals surface area contributed by atoms with Crippen LogP contribution in [0.2, 0.25) is 0 Å². The highest BCUT2D eigenvalue weighted by molar-refractivity contribution is 6.04. The van der Waals surface area contributed by atoms with Gasteiger partial charge in [-0.05, 0) is 43.4 Å². The molecule has 2 amide bonds. The van der Waals surface area contributed by atoms with E-state index in [9.17, 15) is 9.59 Å². The van der Waals surface area contributed by atoms with Crippen molar-refractivity contribution in [3.8, 4) is 0 Å². The Kier molecular flexibility index (Phi) is 4.86. The Bertz CT molecular complexity index is 708. The lowest BCUT2D eigenvalue weighted by Crippen LogP contribution is -2.47. The largest absolute Gasteiger partial charge is 0.336 e. The van der Waals surface area contributed by atoms with Crippen LogP contribution in [0.1, 0.15) is 20.7 Å². The monoisotopic (exact) mass is 324 g/mol. The summed E-state index contributed by atoms with van der Waals surface area (Å²) in [5.41, 5.74) is 1.78. The van der Waals surface area contributed by atoms with E-state index in [1.807, 2.05) is 4.90 Å². The summed E-state index contributed by atoms with van der Waals surface area (Å²) in [5.74, 6) is -0.186. The first-order chi connectivity index (χ1) is 11.6. The molecule has 1 aliphatic heterocycles. The number of rotatable bonds is 3. The van der Waals surface area contributed by atoms with Crippen LogP contribution in [0.15, 0.2) is 48.8 Å². The third-order valence-corrected chi connectivity index (χ3v) is 4.10. The Morgan fingerprint density at radius 2 is 1.71 bits per heavy atom. The van der Waals surface area contributed by atoms with Crippen molar-refractivity contribution in [2.24, 2.45) is 0 Å². The summed E-state index contributed by atoms with van der Waals surface area (Å²) in [4.78, 5) is 32.6. The maximum Gasteiger partial charge on any atom is 0.257 e. The zero-order valence-corrected chi connectivity index (χ0v) is 13.6. The fourth-order valence-electron chi connectivity index (χ4n) is 2.59. The molecular weight excluding hydrogens is 304 g/mol. The molecular formula is C18H20N4O2. The van der Waals surface area contributed by atoms with Crippen molar-refractivity contribution in [3.63, 3.8) is 0 Å². The molecule has 1 saturated heterocycles. The van der Waals surface area contributed by atoms with Crippen LogP contribution in [-0.2, 0) is 0 Å². The van der Waals surface area contributed by atoms with Gasteiger partial charge < -0.3 is 15.1 Å². The minimum Gasteiger partial charge on any atom is -0.336 e. The summed E-state index contributed by atoms with van der Waals surface area (Å²) in [6.45, 7) is 3.28. The average molecular weight is 324 g/mol. The molecule has 1 aliphatic rings. The second-order valence-electron chi connectivity index (χ2n) is 5.87. The molecule has 6 nitrogen and oxygen atoms in total. The maximum absolute atomic E-state index is 12.5. The number of anilines is 1. The summed E-state index contributed by atoms with van der Waals surface area (Å²) in [6, 6.07) is 10.4. The summed E-state index contributed by atoms with van der Waals surface area (Å²) in [6.07, 6.45) is 3.14. The van der Waals surface area contributed by atoms with Gasteiger partial charge in [-0.3, -0.25) is 14.6 Å². The van der Waals surface area contributed by atoms with Crippen molar-refractivity contribution < 1.29 is 9.59 Å². The molecule has 6 heteroatoms. The van der Waals surface area contributed by atoms with Crippen LogP contribution < -0.4 is 5.32 Å². The number of hydrogen-bond acceptors (Lipinski definition) is 4. The van der Waals surface area contributed by atoms with Gasteiger partial charge in [-0.1, -0.05) is 0 Å². The third kappa shape index (κ3) is 3.78.